The summed E-state index contributed by atoms with van der Waals surface area (Å²) in [4.78, 5) is 17.0. The van der Waals surface area contributed by atoms with E-state index in [4.69, 9.17) is 28.9 Å². The molecule has 2 aromatic rings. The number of hydrogen-bond acceptors (Lipinski definition) is 11. The molecule has 1 amide bonds. The van der Waals surface area contributed by atoms with E-state index in [1.165, 1.54) is 16.4 Å². The largest absolute Gasteiger partial charge is 0.454 e. The predicted octanol–water partition coefficient (Wildman–Crippen LogP) is 4.00. The highest BCUT2D eigenvalue weighted by molar-refractivity contribution is 7.89. The molecule has 0 spiro atoms. The Morgan fingerprint density at radius 1 is 1.19 bits per heavy atom. The zero-order valence-electron chi connectivity index (χ0n) is 27.5. The van der Waals surface area contributed by atoms with Crippen LogP contribution in [0.4, 0.5) is 4.79 Å². The first-order valence-electron chi connectivity index (χ1n) is 16.2. The quantitative estimate of drug-likeness (QED) is 0.207. The lowest BCUT2D eigenvalue weighted by atomic mass is 9.86. The van der Waals surface area contributed by atoms with E-state index in [9.17, 15) is 18.3 Å². The third kappa shape index (κ3) is 9.03. The molecular formula is C34H44N4O9S. The molecular weight excluding hydrogens is 640 g/mol. The number of benzene rings is 2. The number of sulfonamides is 1. The van der Waals surface area contributed by atoms with Gasteiger partial charge in [-0.1, -0.05) is 44.2 Å². The number of aliphatic imine (C=N–C) groups is 1. The van der Waals surface area contributed by atoms with Crippen molar-refractivity contribution in [2.24, 2.45) is 16.3 Å². The Kier molecular flexibility index (Phi) is 11.6. The molecule has 2 fully saturated rings. The minimum absolute atomic E-state index is 0.00621. The molecule has 2 N–H and O–H groups in total. The smallest absolute Gasteiger partial charge is 0.407 e. The fourth-order valence-corrected chi connectivity index (χ4v) is 7.97. The molecule has 0 bridgehead atoms. The van der Waals surface area contributed by atoms with Gasteiger partial charge in [0, 0.05) is 24.9 Å². The molecule has 2 saturated heterocycles. The van der Waals surface area contributed by atoms with Crippen molar-refractivity contribution < 1.29 is 42.0 Å². The van der Waals surface area contributed by atoms with Crippen molar-refractivity contribution in [2.75, 3.05) is 33.1 Å². The van der Waals surface area contributed by atoms with Crippen LogP contribution in [-0.2, 0) is 30.7 Å². The summed E-state index contributed by atoms with van der Waals surface area (Å²) in [7, 11) is -4.17. The lowest BCUT2D eigenvalue weighted by molar-refractivity contribution is -0.0907. The number of nitrogens with one attached hydrogen (secondary N) is 1. The highest BCUT2D eigenvalue weighted by Crippen LogP contribution is 2.36. The number of nitrogens with zero attached hydrogens (tertiary/aromatic N) is 3. The van der Waals surface area contributed by atoms with E-state index in [1.807, 2.05) is 44.2 Å². The van der Waals surface area contributed by atoms with Gasteiger partial charge in [-0.3, -0.25) is 0 Å². The van der Waals surface area contributed by atoms with E-state index in [-0.39, 0.29) is 43.7 Å². The van der Waals surface area contributed by atoms with E-state index < -0.39 is 46.1 Å². The van der Waals surface area contributed by atoms with E-state index in [0.29, 0.717) is 49.5 Å². The average Bonchev–Trinajstić information content (AvgIpc) is 3.79. The molecule has 3 aliphatic rings. The summed E-state index contributed by atoms with van der Waals surface area (Å²) in [5.41, 5.74) is 1.02. The van der Waals surface area contributed by atoms with Gasteiger partial charge in [0.25, 0.3) is 0 Å². The van der Waals surface area contributed by atoms with Gasteiger partial charge in [-0.15, -0.1) is 0 Å². The third-order valence-electron chi connectivity index (χ3n) is 8.92. The van der Waals surface area contributed by atoms with Crippen LogP contribution in [0.5, 0.6) is 11.5 Å². The Labute approximate surface area is 281 Å². The maximum absolute atomic E-state index is 14.3. The lowest BCUT2D eigenvalue weighted by Crippen LogP contribution is -2.52. The molecule has 0 unspecified atom stereocenters. The number of aliphatic hydroxyl groups is 1. The number of alkyl carbamates (subject to hydrolysis) is 1. The van der Waals surface area contributed by atoms with Crippen molar-refractivity contribution in [2.45, 2.75) is 82.3 Å². The number of aliphatic hydroxyl groups excluding tert-OH is 1. The molecule has 13 nitrogen and oxygen atoms in total. The molecule has 3 aliphatic heterocycles. The zero-order valence-corrected chi connectivity index (χ0v) is 28.4. The Balaban J connectivity index is 1.37. The number of amides is 1. The zero-order chi connectivity index (χ0) is 34.3. The van der Waals surface area contributed by atoms with E-state index in [2.05, 4.69) is 10.3 Å². The average molecular weight is 685 g/mol. The number of rotatable bonds is 15. The molecule has 5 atom stereocenters. The maximum atomic E-state index is 14.3. The van der Waals surface area contributed by atoms with Crippen molar-refractivity contribution in [3.8, 4) is 17.7 Å². The van der Waals surface area contributed by atoms with Gasteiger partial charge < -0.3 is 34.1 Å². The highest BCUT2D eigenvalue weighted by Gasteiger charge is 2.44. The minimum atomic E-state index is -4.17. The maximum Gasteiger partial charge on any atom is 0.407 e. The Bertz CT molecular complexity index is 1600. The standard InChI is InChI=1S/C34H44N4O9S/c1-23(36-21-35)8-7-14-34(2,3)20-38(48(41,42)25-11-12-29-30(17-25)46-22-45-29)18-28(39)27(16-24-9-5-4-6-10-24)37-33(40)47-31-19-44-32-26(31)13-15-43-32/h4-6,9-12,17,26-28,31-32,39H,7-8,13-16,18-20,22H2,1-3H3,(H,37,40)/t26-,27-,28+,31-,32+/m0/s1. The predicted molar refractivity (Wildman–Crippen MR) is 175 cm³/mol. The van der Waals surface area contributed by atoms with Crippen LogP contribution in [0, 0.1) is 22.8 Å². The van der Waals surface area contributed by atoms with Crippen molar-refractivity contribution in [1.82, 2.24) is 9.62 Å². The number of ether oxygens (including phenoxy) is 5. The molecule has 5 rings (SSSR count). The van der Waals surface area contributed by atoms with Crippen LogP contribution in [-0.4, -0.2) is 87.3 Å². The van der Waals surface area contributed by atoms with E-state index in [0.717, 1.165) is 5.56 Å². The van der Waals surface area contributed by atoms with Gasteiger partial charge >= 0.3 is 6.09 Å². The number of hydrogen-bond donors (Lipinski definition) is 2. The molecule has 14 heteroatoms. The second-order valence-corrected chi connectivity index (χ2v) is 15.2. The summed E-state index contributed by atoms with van der Waals surface area (Å²) in [6, 6.07) is 12.9. The molecule has 0 saturated carbocycles. The van der Waals surface area contributed by atoms with Crippen LogP contribution in [0.2, 0.25) is 0 Å². The fraction of sp³-hybridized carbons (Fsp3) is 0.559. The van der Waals surface area contributed by atoms with Crippen LogP contribution < -0.4 is 14.8 Å². The van der Waals surface area contributed by atoms with Crippen LogP contribution >= 0.6 is 0 Å². The van der Waals surface area contributed by atoms with Gasteiger partial charge in [0.05, 0.1) is 36.2 Å². The first kappa shape index (κ1) is 35.6. The summed E-state index contributed by atoms with van der Waals surface area (Å²) in [5.74, 6) is 0.706. The van der Waals surface area contributed by atoms with Gasteiger partial charge in [0.1, 0.15) is 6.10 Å². The molecule has 260 valence electrons. The molecule has 0 aromatic heterocycles. The summed E-state index contributed by atoms with van der Waals surface area (Å²) in [6.45, 7) is 6.20. The highest BCUT2D eigenvalue weighted by atomic mass is 32.2. The van der Waals surface area contributed by atoms with Crippen molar-refractivity contribution in [3.05, 3.63) is 54.1 Å². The number of carbonyl (C=O) groups is 1. The molecule has 0 aliphatic carbocycles. The number of fused-ring (bicyclic) bond motifs is 2. The van der Waals surface area contributed by atoms with Crippen LogP contribution in [0.25, 0.3) is 0 Å². The monoisotopic (exact) mass is 684 g/mol. The number of carbonyl (C=O) groups excluding carboxylic acids is 1. The van der Waals surface area contributed by atoms with Crippen LogP contribution in [0.3, 0.4) is 0 Å². The first-order chi connectivity index (χ1) is 22.9. The first-order valence-corrected chi connectivity index (χ1v) is 17.6. The lowest BCUT2D eigenvalue weighted by Gasteiger charge is -2.35. The van der Waals surface area contributed by atoms with E-state index >= 15 is 0 Å². The Morgan fingerprint density at radius 2 is 1.96 bits per heavy atom. The van der Waals surface area contributed by atoms with Gasteiger partial charge in [-0.05, 0) is 62.1 Å². The third-order valence-corrected chi connectivity index (χ3v) is 10.7. The van der Waals surface area contributed by atoms with Crippen LogP contribution in [0.15, 0.2) is 58.4 Å². The van der Waals surface area contributed by atoms with Gasteiger partial charge in [-0.2, -0.15) is 14.6 Å². The SMILES string of the molecule is CC(CCCC(C)(C)CN(C[C@@H](O)[C@H](Cc1ccccc1)NC(=O)O[C@H]1CO[C@H]2OCC[C@H]21)S(=O)(=O)c1ccc2c(c1)OCO2)=NC#N. The van der Waals surface area contributed by atoms with Crippen molar-refractivity contribution >= 4 is 21.8 Å². The summed E-state index contributed by atoms with van der Waals surface area (Å²) in [6.07, 6.45) is 1.73. The Morgan fingerprint density at radius 3 is 2.73 bits per heavy atom. The fourth-order valence-electron chi connectivity index (χ4n) is 6.31. The Hall–Kier alpha value is -3.74. The minimum Gasteiger partial charge on any atom is -0.454 e. The van der Waals surface area contributed by atoms with Crippen LogP contribution in [0.1, 0.15) is 52.0 Å². The van der Waals surface area contributed by atoms with Gasteiger partial charge in [-0.25, -0.2) is 13.2 Å². The molecule has 2 aromatic carbocycles. The molecule has 0 radical (unpaired) electrons. The van der Waals surface area contributed by atoms with E-state index in [1.54, 1.807) is 19.2 Å². The molecule has 3 heterocycles. The van der Waals surface area contributed by atoms with Gasteiger partial charge in [0.2, 0.25) is 23.0 Å². The normalized spacial score (nSPS) is 21.8. The summed E-state index contributed by atoms with van der Waals surface area (Å²) in [5, 5.41) is 23.4. The number of nitriles is 1. The summed E-state index contributed by atoms with van der Waals surface area (Å²) >= 11 is 0. The van der Waals surface area contributed by atoms with Crippen molar-refractivity contribution in [3.63, 3.8) is 0 Å². The van der Waals surface area contributed by atoms with Crippen molar-refractivity contribution in [1.29, 1.82) is 5.26 Å². The second kappa shape index (κ2) is 15.7. The topological polar surface area (TPSA) is 169 Å². The second-order valence-electron chi connectivity index (χ2n) is 13.3. The molecule has 48 heavy (non-hydrogen) atoms. The van der Waals surface area contributed by atoms with Gasteiger partial charge in [0.15, 0.2) is 17.8 Å². The summed E-state index contributed by atoms with van der Waals surface area (Å²) < 4.78 is 57.5.